The van der Waals surface area contributed by atoms with E-state index in [4.69, 9.17) is 9.47 Å². The normalized spacial score (nSPS) is 8.93. The third-order valence-electron chi connectivity index (χ3n) is 1.75. The molecule has 0 heterocycles. The monoisotopic (exact) mass is 207 g/mol. The standard InChI is InChI=1S/C10H9NO4/c1-14-8-3-7(10(13)11-6-12)4-9(5-8)15-2/h3-5H,1-2H3. The van der Waals surface area contributed by atoms with E-state index in [1.807, 2.05) is 0 Å². The van der Waals surface area contributed by atoms with Crippen LogP contribution in [-0.2, 0) is 4.79 Å². The van der Waals surface area contributed by atoms with Gasteiger partial charge < -0.3 is 9.47 Å². The minimum absolute atomic E-state index is 0.217. The Bertz CT molecular complexity index is 399. The van der Waals surface area contributed by atoms with E-state index in [9.17, 15) is 9.59 Å². The first-order valence-electron chi connectivity index (χ1n) is 4.06. The maximum absolute atomic E-state index is 11.2. The Morgan fingerprint density at radius 1 is 1.20 bits per heavy atom. The van der Waals surface area contributed by atoms with Gasteiger partial charge in [-0.05, 0) is 12.1 Å². The third-order valence-corrected chi connectivity index (χ3v) is 1.75. The van der Waals surface area contributed by atoms with Crippen LogP contribution < -0.4 is 9.47 Å². The summed E-state index contributed by atoms with van der Waals surface area (Å²) < 4.78 is 9.91. The number of methoxy groups -OCH3 is 2. The van der Waals surface area contributed by atoms with E-state index in [1.165, 1.54) is 32.4 Å². The number of hydrogen-bond donors (Lipinski definition) is 0. The molecule has 0 saturated carbocycles. The zero-order chi connectivity index (χ0) is 11.3. The van der Waals surface area contributed by atoms with E-state index >= 15 is 0 Å². The van der Waals surface area contributed by atoms with Gasteiger partial charge >= 0.3 is 0 Å². The van der Waals surface area contributed by atoms with Crippen LogP contribution >= 0.6 is 0 Å². The van der Waals surface area contributed by atoms with Crippen LogP contribution in [0.2, 0.25) is 0 Å². The van der Waals surface area contributed by atoms with Gasteiger partial charge in [0.25, 0.3) is 5.91 Å². The molecule has 15 heavy (non-hydrogen) atoms. The summed E-state index contributed by atoms with van der Waals surface area (Å²) in [7, 11) is 2.93. The fourth-order valence-corrected chi connectivity index (χ4v) is 1.04. The molecule has 78 valence electrons. The van der Waals surface area contributed by atoms with Gasteiger partial charge in [-0.25, -0.2) is 4.79 Å². The summed E-state index contributed by atoms with van der Waals surface area (Å²) in [5, 5.41) is 0. The molecule has 0 spiro atoms. The Morgan fingerprint density at radius 2 is 1.73 bits per heavy atom. The van der Waals surface area contributed by atoms with Gasteiger partial charge in [-0.3, -0.25) is 4.79 Å². The van der Waals surface area contributed by atoms with Crippen molar-refractivity contribution in [2.45, 2.75) is 0 Å². The van der Waals surface area contributed by atoms with Crippen LogP contribution in [0.4, 0.5) is 0 Å². The van der Waals surface area contributed by atoms with Crippen LogP contribution in [0.15, 0.2) is 23.2 Å². The Kier molecular flexibility index (Phi) is 3.60. The summed E-state index contributed by atoms with van der Waals surface area (Å²) >= 11 is 0. The lowest BCUT2D eigenvalue weighted by Gasteiger charge is -2.05. The van der Waals surface area contributed by atoms with Crippen LogP contribution in [0.3, 0.4) is 0 Å². The summed E-state index contributed by atoms with van der Waals surface area (Å²) in [6, 6.07) is 4.54. The van der Waals surface area contributed by atoms with Gasteiger partial charge in [0.05, 0.1) is 14.2 Å². The van der Waals surface area contributed by atoms with Crippen molar-refractivity contribution in [1.29, 1.82) is 0 Å². The number of ether oxygens (including phenoxy) is 2. The van der Waals surface area contributed by atoms with E-state index in [0.29, 0.717) is 11.5 Å². The summed E-state index contributed by atoms with van der Waals surface area (Å²) in [5.41, 5.74) is 0.217. The summed E-state index contributed by atoms with van der Waals surface area (Å²) in [6.07, 6.45) is 1.18. The van der Waals surface area contributed by atoms with Gasteiger partial charge in [-0.15, -0.1) is 4.99 Å². The van der Waals surface area contributed by atoms with Crippen molar-refractivity contribution in [3.63, 3.8) is 0 Å². The summed E-state index contributed by atoms with van der Waals surface area (Å²) in [5.74, 6) is 0.236. The zero-order valence-corrected chi connectivity index (χ0v) is 8.31. The molecule has 0 saturated heterocycles. The number of isocyanates is 1. The Labute approximate surface area is 86.3 Å². The van der Waals surface area contributed by atoms with Crippen molar-refractivity contribution in [1.82, 2.24) is 0 Å². The molecule has 0 aliphatic heterocycles. The maximum atomic E-state index is 11.2. The first-order valence-corrected chi connectivity index (χ1v) is 4.06. The predicted octanol–water partition coefficient (Wildman–Crippen LogP) is 1.18. The molecule has 0 fully saturated rings. The zero-order valence-electron chi connectivity index (χ0n) is 8.31. The van der Waals surface area contributed by atoms with E-state index < -0.39 is 5.91 Å². The molecule has 1 amide bonds. The number of carbonyl (C=O) groups is 1. The van der Waals surface area contributed by atoms with E-state index in [0.717, 1.165) is 0 Å². The number of carbonyl (C=O) groups excluding carboxylic acids is 2. The van der Waals surface area contributed by atoms with Gasteiger partial charge in [0.15, 0.2) is 0 Å². The van der Waals surface area contributed by atoms with Crippen LogP contribution in [0, 0.1) is 0 Å². The minimum Gasteiger partial charge on any atom is -0.497 e. The lowest BCUT2D eigenvalue weighted by atomic mass is 10.2. The molecule has 5 heteroatoms. The van der Waals surface area contributed by atoms with Crippen molar-refractivity contribution in [3.05, 3.63) is 23.8 Å². The maximum Gasteiger partial charge on any atom is 0.287 e. The van der Waals surface area contributed by atoms with Crippen LogP contribution in [0.25, 0.3) is 0 Å². The molecule has 1 rings (SSSR count). The second-order valence-corrected chi connectivity index (χ2v) is 2.61. The number of nitrogens with zero attached hydrogens (tertiary/aromatic N) is 1. The van der Waals surface area contributed by atoms with Crippen LogP contribution in [0.1, 0.15) is 10.4 Å². The average Bonchev–Trinajstić information content (AvgIpc) is 2.28. The van der Waals surface area contributed by atoms with Crippen molar-refractivity contribution in [2.24, 2.45) is 4.99 Å². The molecular formula is C10H9NO4. The number of aliphatic imine (C=N–C) groups is 1. The fourth-order valence-electron chi connectivity index (χ4n) is 1.04. The molecule has 0 aliphatic carbocycles. The number of amides is 1. The van der Waals surface area contributed by atoms with Gasteiger partial charge in [0.2, 0.25) is 6.08 Å². The highest BCUT2D eigenvalue weighted by molar-refractivity contribution is 5.98. The Morgan fingerprint density at radius 3 is 2.13 bits per heavy atom. The summed E-state index contributed by atoms with van der Waals surface area (Å²) in [6.45, 7) is 0. The molecule has 0 radical (unpaired) electrons. The largest absolute Gasteiger partial charge is 0.497 e. The van der Waals surface area contributed by atoms with Crippen LogP contribution in [0.5, 0.6) is 11.5 Å². The number of rotatable bonds is 3. The number of hydrogen-bond acceptors (Lipinski definition) is 4. The molecule has 0 atom stereocenters. The highest BCUT2D eigenvalue weighted by Crippen LogP contribution is 2.22. The second-order valence-electron chi connectivity index (χ2n) is 2.61. The van der Waals surface area contributed by atoms with E-state index in [-0.39, 0.29) is 5.56 Å². The van der Waals surface area contributed by atoms with Crippen molar-refractivity contribution in [2.75, 3.05) is 14.2 Å². The molecule has 0 unspecified atom stereocenters. The molecule has 5 nitrogen and oxygen atoms in total. The summed E-state index contributed by atoms with van der Waals surface area (Å²) in [4.78, 5) is 24.2. The first-order chi connectivity index (χ1) is 7.21. The second kappa shape index (κ2) is 4.93. The topological polar surface area (TPSA) is 65.0 Å². The third kappa shape index (κ3) is 2.65. The molecule has 1 aromatic rings. The lowest BCUT2D eigenvalue weighted by molar-refractivity contribution is 0.100. The molecule has 1 aromatic carbocycles. The fraction of sp³-hybridized carbons (Fsp3) is 0.200. The van der Waals surface area contributed by atoms with E-state index in [1.54, 1.807) is 6.07 Å². The van der Waals surface area contributed by atoms with Gasteiger partial charge in [0.1, 0.15) is 11.5 Å². The molecule has 0 aliphatic rings. The minimum atomic E-state index is -0.679. The first kappa shape index (κ1) is 10.9. The highest BCUT2D eigenvalue weighted by atomic mass is 16.5. The van der Waals surface area contributed by atoms with Crippen molar-refractivity contribution >= 4 is 12.0 Å². The van der Waals surface area contributed by atoms with Gasteiger partial charge in [-0.1, -0.05) is 0 Å². The Balaban J connectivity index is 3.17. The predicted molar refractivity (Wildman–Crippen MR) is 52.0 cm³/mol. The molecule has 0 N–H and O–H groups in total. The lowest BCUT2D eigenvalue weighted by Crippen LogP contribution is -1.97. The smallest absolute Gasteiger partial charge is 0.287 e. The Hall–Kier alpha value is -2.13. The molecule has 0 aromatic heterocycles. The van der Waals surface area contributed by atoms with E-state index in [2.05, 4.69) is 4.99 Å². The highest BCUT2D eigenvalue weighted by Gasteiger charge is 2.08. The average molecular weight is 207 g/mol. The quantitative estimate of drug-likeness (QED) is 0.551. The van der Waals surface area contributed by atoms with Crippen molar-refractivity contribution in [3.8, 4) is 11.5 Å². The SMILES string of the molecule is COc1cc(OC)cc(C(=O)N=C=O)c1. The van der Waals surface area contributed by atoms with Crippen molar-refractivity contribution < 1.29 is 19.1 Å². The van der Waals surface area contributed by atoms with Gasteiger partial charge in [0, 0.05) is 11.6 Å². The molecular weight excluding hydrogens is 198 g/mol. The molecule has 0 bridgehead atoms. The number of benzene rings is 1. The van der Waals surface area contributed by atoms with Crippen LogP contribution in [-0.4, -0.2) is 26.2 Å². The van der Waals surface area contributed by atoms with Gasteiger partial charge in [-0.2, -0.15) is 0 Å².